The normalized spacial score (nSPS) is 13.5. The zero-order valence-electron chi connectivity index (χ0n) is 30.7. The molecule has 0 aliphatic carbocycles. The fraction of sp³-hybridized carbons (Fsp3) is 0.0189. The summed E-state index contributed by atoms with van der Waals surface area (Å²) < 4.78 is 9.32. The van der Waals surface area contributed by atoms with E-state index in [0.29, 0.717) is 12.3 Å². The van der Waals surface area contributed by atoms with Gasteiger partial charge in [-0.1, -0.05) is 146 Å². The van der Waals surface area contributed by atoms with Crippen LogP contribution in [-0.2, 0) is 0 Å². The molecule has 4 heteroatoms. The van der Waals surface area contributed by atoms with E-state index in [1.54, 1.807) is 0 Å². The molecule has 3 nitrogen and oxygen atoms in total. The Hall–Kier alpha value is -7.14. The Morgan fingerprint density at radius 2 is 1.18 bits per heavy atom. The Kier molecular flexibility index (Phi) is 7.16. The Morgan fingerprint density at radius 1 is 0.439 bits per heavy atom. The standard InChI is InChI=1S/C53H32N2OS/c1-2-12-34(13-3-1)45-27-28-46(37-24-23-33-22-21-32-11-4-6-15-38(32)43(33)30-37)55-53(54-45)42-18-10-19-47-50(42)40-26-25-36(31-48(40)56-47)44-29-35-14-5-7-16-39(35)51-41-17-8-9-20-49(41)57-52(44)51/h1-26,28-31H,27H2. The molecule has 3 heterocycles. The van der Waals surface area contributed by atoms with Gasteiger partial charge in [-0.25, -0.2) is 9.98 Å². The van der Waals surface area contributed by atoms with Gasteiger partial charge in [-0.05, 0) is 79.8 Å². The van der Waals surface area contributed by atoms with Gasteiger partial charge in [0.1, 0.15) is 11.2 Å². The molecular formula is C53H32N2OS. The van der Waals surface area contributed by atoms with Crippen LogP contribution in [-0.4, -0.2) is 11.5 Å². The van der Waals surface area contributed by atoms with E-state index >= 15 is 0 Å². The van der Waals surface area contributed by atoms with Gasteiger partial charge in [0.15, 0.2) is 5.84 Å². The van der Waals surface area contributed by atoms with Gasteiger partial charge >= 0.3 is 0 Å². The predicted octanol–water partition coefficient (Wildman–Crippen LogP) is 14.8. The minimum absolute atomic E-state index is 0.656. The summed E-state index contributed by atoms with van der Waals surface area (Å²) in [4.78, 5) is 10.8. The van der Waals surface area contributed by atoms with E-state index in [1.807, 2.05) is 17.4 Å². The lowest BCUT2D eigenvalue weighted by atomic mass is 9.96. The van der Waals surface area contributed by atoms with E-state index in [0.717, 1.165) is 55.6 Å². The Morgan fingerprint density at radius 3 is 2.07 bits per heavy atom. The quantitative estimate of drug-likeness (QED) is 0.165. The SMILES string of the molecule is C1=C(c2ccc3ccc4ccccc4c3c2)N=C(c2cccc3oc4cc(-c5cc6ccccc6c6c5sc5ccccc56)ccc4c23)N=C(c2ccccc2)C1. The number of nitrogens with zero attached hydrogens (tertiary/aromatic N) is 2. The zero-order valence-corrected chi connectivity index (χ0v) is 31.6. The van der Waals surface area contributed by atoms with Crippen molar-refractivity contribution in [1.29, 1.82) is 0 Å². The van der Waals surface area contributed by atoms with Gasteiger partial charge < -0.3 is 4.42 Å². The molecule has 0 saturated heterocycles. The summed E-state index contributed by atoms with van der Waals surface area (Å²) in [5, 5.41) is 12.1. The first-order valence-electron chi connectivity index (χ1n) is 19.4. The van der Waals surface area contributed by atoms with Gasteiger partial charge in [0.2, 0.25) is 0 Å². The Balaban J connectivity index is 1.04. The zero-order chi connectivity index (χ0) is 37.5. The van der Waals surface area contributed by atoms with Gasteiger partial charge in [0.25, 0.3) is 0 Å². The van der Waals surface area contributed by atoms with Gasteiger partial charge in [-0.15, -0.1) is 11.3 Å². The van der Waals surface area contributed by atoms with Crippen LogP contribution in [0.1, 0.15) is 23.1 Å². The molecule has 0 bridgehead atoms. The lowest BCUT2D eigenvalue weighted by Crippen LogP contribution is -2.05. The van der Waals surface area contributed by atoms with Crippen LogP contribution in [0.15, 0.2) is 196 Å². The first-order chi connectivity index (χ1) is 28.2. The largest absolute Gasteiger partial charge is 0.456 e. The fourth-order valence-electron chi connectivity index (χ4n) is 8.80. The maximum atomic E-state index is 6.73. The van der Waals surface area contributed by atoms with E-state index in [9.17, 15) is 0 Å². The van der Waals surface area contributed by atoms with E-state index in [-0.39, 0.29) is 0 Å². The smallest absolute Gasteiger partial charge is 0.160 e. The van der Waals surface area contributed by atoms with Crippen molar-refractivity contribution in [2.75, 3.05) is 0 Å². The summed E-state index contributed by atoms with van der Waals surface area (Å²) in [6.45, 7) is 0. The van der Waals surface area contributed by atoms with Crippen LogP contribution in [0.2, 0.25) is 0 Å². The van der Waals surface area contributed by atoms with Crippen LogP contribution in [0.25, 0.3) is 91.3 Å². The molecule has 0 radical (unpaired) electrons. The minimum atomic E-state index is 0.656. The van der Waals surface area contributed by atoms with Crippen molar-refractivity contribution in [3.63, 3.8) is 0 Å². The van der Waals surface area contributed by atoms with E-state index in [2.05, 4.69) is 176 Å². The van der Waals surface area contributed by atoms with Crippen LogP contribution in [0.4, 0.5) is 0 Å². The molecule has 12 rings (SSSR count). The number of allylic oxidation sites excluding steroid dienone is 1. The van der Waals surface area contributed by atoms with Crippen molar-refractivity contribution in [2.24, 2.45) is 9.98 Å². The van der Waals surface area contributed by atoms with Crippen molar-refractivity contribution in [2.45, 2.75) is 6.42 Å². The summed E-state index contributed by atoms with van der Waals surface area (Å²) in [5.41, 5.74) is 9.00. The lowest BCUT2D eigenvalue weighted by Gasteiger charge is -2.09. The minimum Gasteiger partial charge on any atom is -0.456 e. The van der Waals surface area contributed by atoms with Gasteiger partial charge in [0.05, 0.1) is 11.4 Å². The number of fused-ring (bicyclic) bond motifs is 11. The highest BCUT2D eigenvalue weighted by atomic mass is 32.1. The summed E-state index contributed by atoms with van der Waals surface area (Å²) in [6.07, 6.45) is 2.88. The summed E-state index contributed by atoms with van der Waals surface area (Å²) in [5.74, 6) is 0.675. The second kappa shape index (κ2) is 12.7. The number of hydrogen-bond donors (Lipinski definition) is 0. The van der Waals surface area contributed by atoms with Gasteiger partial charge in [-0.3, -0.25) is 0 Å². The molecule has 0 amide bonds. The summed E-state index contributed by atoms with van der Waals surface area (Å²) in [7, 11) is 0. The lowest BCUT2D eigenvalue weighted by molar-refractivity contribution is 0.669. The fourth-order valence-corrected chi connectivity index (χ4v) is 10.1. The molecule has 9 aromatic carbocycles. The second-order valence-electron chi connectivity index (χ2n) is 14.8. The van der Waals surface area contributed by atoms with Crippen molar-refractivity contribution in [3.8, 4) is 11.1 Å². The number of hydrogen-bond acceptors (Lipinski definition) is 4. The van der Waals surface area contributed by atoms with Crippen molar-refractivity contribution in [3.05, 3.63) is 199 Å². The van der Waals surface area contributed by atoms with Crippen LogP contribution in [0.3, 0.4) is 0 Å². The maximum Gasteiger partial charge on any atom is 0.160 e. The molecule has 0 spiro atoms. The first-order valence-corrected chi connectivity index (χ1v) is 20.2. The number of thiophene rings is 1. The molecule has 57 heavy (non-hydrogen) atoms. The number of benzene rings is 9. The highest BCUT2D eigenvalue weighted by Gasteiger charge is 2.21. The van der Waals surface area contributed by atoms with Crippen molar-refractivity contribution >= 4 is 103 Å². The van der Waals surface area contributed by atoms with Crippen LogP contribution in [0, 0.1) is 0 Å². The van der Waals surface area contributed by atoms with E-state index in [4.69, 9.17) is 14.4 Å². The van der Waals surface area contributed by atoms with E-state index < -0.39 is 0 Å². The van der Waals surface area contributed by atoms with Crippen LogP contribution in [0.5, 0.6) is 0 Å². The second-order valence-corrected chi connectivity index (χ2v) is 15.9. The molecule has 0 unspecified atom stereocenters. The summed E-state index contributed by atoms with van der Waals surface area (Å²) in [6, 6.07) is 62.9. The summed E-state index contributed by atoms with van der Waals surface area (Å²) >= 11 is 1.86. The average molecular weight is 745 g/mol. The Labute approximate surface area is 332 Å². The number of amidine groups is 1. The third-order valence-electron chi connectivity index (χ3n) is 11.5. The molecule has 1 aliphatic rings. The topological polar surface area (TPSA) is 37.9 Å². The van der Waals surface area contributed by atoms with Gasteiger partial charge in [-0.2, -0.15) is 0 Å². The molecule has 11 aromatic rings. The Bertz CT molecular complexity index is 3550. The van der Waals surface area contributed by atoms with Crippen molar-refractivity contribution < 1.29 is 4.42 Å². The average Bonchev–Trinajstić information content (AvgIpc) is 3.77. The van der Waals surface area contributed by atoms with Crippen LogP contribution < -0.4 is 0 Å². The molecule has 0 saturated carbocycles. The number of furan rings is 1. The third-order valence-corrected chi connectivity index (χ3v) is 12.7. The van der Waals surface area contributed by atoms with Crippen LogP contribution >= 0.6 is 11.3 Å². The molecule has 2 aromatic heterocycles. The molecule has 0 fully saturated rings. The molecule has 0 atom stereocenters. The first kappa shape index (κ1) is 32.1. The molecule has 0 N–H and O–H groups in total. The third kappa shape index (κ3) is 5.18. The maximum absolute atomic E-state index is 6.73. The van der Waals surface area contributed by atoms with Gasteiger partial charge in [0, 0.05) is 54.1 Å². The highest BCUT2D eigenvalue weighted by molar-refractivity contribution is 7.26. The highest BCUT2D eigenvalue weighted by Crippen LogP contribution is 2.45. The number of aliphatic imine (C=N–C) groups is 2. The molecule has 266 valence electrons. The monoisotopic (exact) mass is 744 g/mol. The molecular weight excluding hydrogens is 713 g/mol. The predicted molar refractivity (Wildman–Crippen MR) is 243 cm³/mol. The van der Waals surface area contributed by atoms with E-state index in [1.165, 1.54) is 58.1 Å². The molecule has 1 aliphatic heterocycles. The number of rotatable bonds is 4. The van der Waals surface area contributed by atoms with Crippen molar-refractivity contribution in [1.82, 2.24) is 0 Å².